The minimum atomic E-state index is 0.860. The average molecular weight is 542 g/mol. The lowest BCUT2D eigenvalue weighted by Crippen LogP contribution is -1.94. The molecule has 0 fully saturated rings. The fraction of sp³-hybridized carbons (Fsp3) is 0. The maximum atomic E-state index is 5.03. The van der Waals surface area contributed by atoms with Crippen molar-refractivity contribution in [2.45, 2.75) is 0 Å². The first-order valence-corrected chi connectivity index (χ1v) is 11.8. The molecule has 4 heteroatoms. The standard InChI is InChI=1S/C28H18Br2N2/c29-23-12-8-20(9-13-23)19-4-6-21(7-5-19)25-16-17-27(26-3-1-2-18-31-26)32-28(25)22-10-14-24(30)15-11-22/h1-18H. The summed E-state index contributed by atoms with van der Waals surface area (Å²) in [5, 5.41) is 0. The molecule has 5 aromatic rings. The van der Waals surface area contributed by atoms with Crippen molar-refractivity contribution >= 4 is 31.9 Å². The molecular weight excluding hydrogens is 524 g/mol. The van der Waals surface area contributed by atoms with E-state index in [1.165, 1.54) is 11.1 Å². The predicted molar refractivity (Wildman–Crippen MR) is 139 cm³/mol. The summed E-state index contributed by atoms with van der Waals surface area (Å²) in [6, 6.07) is 35.4. The van der Waals surface area contributed by atoms with Gasteiger partial charge in [0.25, 0.3) is 0 Å². The van der Waals surface area contributed by atoms with Gasteiger partial charge in [-0.25, -0.2) is 4.98 Å². The normalized spacial score (nSPS) is 10.8. The van der Waals surface area contributed by atoms with Gasteiger partial charge < -0.3 is 0 Å². The molecule has 0 unspecified atom stereocenters. The number of benzene rings is 3. The number of pyridine rings is 2. The molecule has 0 saturated carbocycles. The molecule has 2 nitrogen and oxygen atoms in total. The van der Waals surface area contributed by atoms with Gasteiger partial charge in [-0.2, -0.15) is 0 Å². The zero-order valence-corrected chi connectivity index (χ0v) is 20.2. The lowest BCUT2D eigenvalue weighted by Gasteiger charge is -2.13. The van der Waals surface area contributed by atoms with Gasteiger partial charge in [-0.05, 0) is 65.2 Å². The summed E-state index contributed by atoms with van der Waals surface area (Å²) in [6.45, 7) is 0. The van der Waals surface area contributed by atoms with E-state index >= 15 is 0 Å². The Morgan fingerprint density at radius 1 is 0.469 bits per heavy atom. The second-order valence-corrected chi connectivity index (χ2v) is 9.23. The minimum Gasteiger partial charge on any atom is -0.255 e. The van der Waals surface area contributed by atoms with Crippen LogP contribution in [0.1, 0.15) is 0 Å². The number of nitrogens with zero attached hydrogens (tertiary/aromatic N) is 2. The number of aromatic nitrogens is 2. The summed E-state index contributed by atoms with van der Waals surface area (Å²) in [7, 11) is 0. The van der Waals surface area contributed by atoms with Crippen LogP contribution in [0.25, 0.3) is 44.9 Å². The Labute approximate surface area is 204 Å². The van der Waals surface area contributed by atoms with Gasteiger partial charge in [0.2, 0.25) is 0 Å². The van der Waals surface area contributed by atoms with Crippen molar-refractivity contribution in [2.75, 3.05) is 0 Å². The second-order valence-electron chi connectivity index (χ2n) is 7.40. The predicted octanol–water partition coefficient (Wildman–Crippen LogP) is 8.67. The molecule has 0 atom stereocenters. The van der Waals surface area contributed by atoms with E-state index in [0.29, 0.717) is 0 Å². The topological polar surface area (TPSA) is 25.8 Å². The fourth-order valence-electron chi connectivity index (χ4n) is 3.66. The molecule has 0 amide bonds. The molecule has 0 aliphatic carbocycles. The van der Waals surface area contributed by atoms with Crippen molar-refractivity contribution in [3.05, 3.63) is 118 Å². The van der Waals surface area contributed by atoms with E-state index in [4.69, 9.17) is 4.98 Å². The largest absolute Gasteiger partial charge is 0.255 e. The SMILES string of the molecule is Brc1ccc(-c2ccc(-c3ccc(-c4ccccn4)nc3-c3ccc(Br)cc3)cc2)cc1. The summed E-state index contributed by atoms with van der Waals surface area (Å²) < 4.78 is 2.12. The summed E-state index contributed by atoms with van der Waals surface area (Å²) in [5.41, 5.74) is 8.33. The van der Waals surface area contributed by atoms with Crippen molar-refractivity contribution < 1.29 is 0 Å². The van der Waals surface area contributed by atoms with Crippen LogP contribution in [0.4, 0.5) is 0 Å². The Balaban J connectivity index is 1.59. The Bertz CT molecular complexity index is 1350. The third-order valence-electron chi connectivity index (χ3n) is 5.31. The maximum Gasteiger partial charge on any atom is 0.0894 e. The van der Waals surface area contributed by atoms with Crippen LogP contribution in [0.5, 0.6) is 0 Å². The minimum absolute atomic E-state index is 0.860. The number of hydrogen-bond donors (Lipinski definition) is 0. The van der Waals surface area contributed by atoms with E-state index in [1.54, 1.807) is 6.20 Å². The fourth-order valence-corrected chi connectivity index (χ4v) is 4.19. The Hall–Kier alpha value is -3.08. The van der Waals surface area contributed by atoms with Crippen LogP contribution in [-0.2, 0) is 0 Å². The highest BCUT2D eigenvalue weighted by atomic mass is 79.9. The van der Waals surface area contributed by atoms with Gasteiger partial charge in [-0.3, -0.25) is 4.98 Å². The molecule has 2 heterocycles. The summed E-state index contributed by atoms with van der Waals surface area (Å²) in [5.74, 6) is 0. The van der Waals surface area contributed by atoms with E-state index < -0.39 is 0 Å². The summed E-state index contributed by atoms with van der Waals surface area (Å²) >= 11 is 7.04. The molecule has 0 bridgehead atoms. The lowest BCUT2D eigenvalue weighted by molar-refractivity contribution is 1.25. The second kappa shape index (κ2) is 9.19. The molecule has 0 spiro atoms. The summed E-state index contributed by atoms with van der Waals surface area (Å²) in [6.07, 6.45) is 1.80. The van der Waals surface area contributed by atoms with Crippen molar-refractivity contribution in [1.82, 2.24) is 9.97 Å². The molecule has 0 radical (unpaired) electrons. The van der Waals surface area contributed by atoms with Crippen LogP contribution in [-0.4, -0.2) is 9.97 Å². The monoisotopic (exact) mass is 540 g/mol. The molecule has 3 aromatic carbocycles. The van der Waals surface area contributed by atoms with Crippen LogP contribution in [0.15, 0.2) is 118 Å². The first-order chi connectivity index (χ1) is 15.7. The van der Waals surface area contributed by atoms with E-state index in [-0.39, 0.29) is 0 Å². The van der Waals surface area contributed by atoms with E-state index in [9.17, 15) is 0 Å². The highest BCUT2D eigenvalue weighted by molar-refractivity contribution is 9.10. The van der Waals surface area contributed by atoms with Gasteiger partial charge >= 0.3 is 0 Å². The van der Waals surface area contributed by atoms with Gasteiger partial charge in [0.1, 0.15) is 0 Å². The number of rotatable bonds is 4. The summed E-state index contributed by atoms with van der Waals surface area (Å²) in [4.78, 5) is 9.50. The molecule has 0 N–H and O–H groups in total. The zero-order valence-electron chi connectivity index (χ0n) is 17.0. The smallest absolute Gasteiger partial charge is 0.0894 e. The maximum absolute atomic E-state index is 5.03. The molecule has 2 aromatic heterocycles. The molecular formula is C28H18Br2N2. The van der Waals surface area contributed by atoms with E-state index in [2.05, 4.69) is 104 Å². The van der Waals surface area contributed by atoms with Gasteiger partial charge in [0.05, 0.1) is 17.1 Å². The van der Waals surface area contributed by atoms with Crippen molar-refractivity contribution in [3.8, 4) is 44.9 Å². The molecule has 0 aliphatic rings. The van der Waals surface area contributed by atoms with Crippen molar-refractivity contribution in [1.29, 1.82) is 0 Å². The number of hydrogen-bond acceptors (Lipinski definition) is 2. The molecule has 154 valence electrons. The first-order valence-electron chi connectivity index (χ1n) is 10.2. The first kappa shape index (κ1) is 20.8. The van der Waals surface area contributed by atoms with Gasteiger partial charge in [0.15, 0.2) is 0 Å². The van der Waals surface area contributed by atoms with Crippen LogP contribution >= 0.6 is 31.9 Å². The molecule has 32 heavy (non-hydrogen) atoms. The zero-order chi connectivity index (χ0) is 21.9. The Morgan fingerprint density at radius 2 is 1.03 bits per heavy atom. The third-order valence-corrected chi connectivity index (χ3v) is 6.37. The van der Waals surface area contributed by atoms with Gasteiger partial charge in [0, 0.05) is 26.3 Å². The highest BCUT2D eigenvalue weighted by Gasteiger charge is 2.12. The van der Waals surface area contributed by atoms with Gasteiger partial charge in [-0.15, -0.1) is 0 Å². The van der Waals surface area contributed by atoms with Crippen molar-refractivity contribution in [2.24, 2.45) is 0 Å². The van der Waals surface area contributed by atoms with Gasteiger partial charge in [-0.1, -0.05) is 86.5 Å². The average Bonchev–Trinajstić information content (AvgIpc) is 2.85. The molecule has 0 saturated heterocycles. The molecule has 5 rings (SSSR count). The van der Waals surface area contributed by atoms with E-state index in [0.717, 1.165) is 42.7 Å². The van der Waals surface area contributed by atoms with Crippen LogP contribution in [0.2, 0.25) is 0 Å². The third kappa shape index (κ3) is 4.43. The molecule has 0 aliphatic heterocycles. The Morgan fingerprint density at radius 3 is 1.62 bits per heavy atom. The van der Waals surface area contributed by atoms with Crippen LogP contribution < -0.4 is 0 Å². The lowest BCUT2D eigenvalue weighted by atomic mass is 9.96. The van der Waals surface area contributed by atoms with Crippen LogP contribution in [0.3, 0.4) is 0 Å². The quantitative estimate of drug-likeness (QED) is 0.227. The van der Waals surface area contributed by atoms with E-state index in [1.807, 2.05) is 36.4 Å². The number of halogens is 2. The van der Waals surface area contributed by atoms with Crippen LogP contribution in [0, 0.1) is 0 Å². The highest BCUT2D eigenvalue weighted by Crippen LogP contribution is 2.34. The Kier molecular flexibility index (Phi) is 5.97. The van der Waals surface area contributed by atoms with Crippen molar-refractivity contribution in [3.63, 3.8) is 0 Å².